The van der Waals surface area contributed by atoms with Gasteiger partial charge in [0.25, 0.3) is 0 Å². The molecule has 0 heterocycles. The molecule has 0 aliphatic carbocycles. The fourth-order valence-electron chi connectivity index (χ4n) is 1.47. The Bertz CT molecular complexity index is 453. The van der Waals surface area contributed by atoms with E-state index in [4.69, 9.17) is 5.26 Å². The van der Waals surface area contributed by atoms with Gasteiger partial charge in [0, 0.05) is 12.1 Å². The first-order valence-corrected chi connectivity index (χ1v) is 6.33. The first-order chi connectivity index (χ1) is 8.67. The molecule has 1 aromatic carbocycles. The summed E-state index contributed by atoms with van der Waals surface area (Å²) in [4.78, 5) is 0. The van der Waals surface area contributed by atoms with Crippen molar-refractivity contribution in [2.24, 2.45) is 0 Å². The Morgan fingerprint density at radius 1 is 1.21 bits per heavy atom. The molecule has 0 amide bonds. The SMILES string of the molecule is CC(C)(O)C(C)(C)NCC(O)c1ccc(C#N)cc1. The summed E-state index contributed by atoms with van der Waals surface area (Å²) in [5.41, 5.74) is -0.0865. The average molecular weight is 262 g/mol. The number of benzene rings is 1. The van der Waals surface area contributed by atoms with E-state index >= 15 is 0 Å². The molecule has 1 unspecified atom stereocenters. The van der Waals surface area contributed by atoms with Crippen LogP contribution in [0.3, 0.4) is 0 Å². The van der Waals surface area contributed by atoms with Crippen molar-refractivity contribution >= 4 is 0 Å². The van der Waals surface area contributed by atoms with E-state index in [0.29, 0.717) is 12.1 Å². The highest BCUT2D eigenvalue weighted by Crippen LogP contribution is 2.22. The molecule has 3 N–H and O–H groups in total. The minimum atomic E-state index is -0.891. The van der Waals surface area contributed by atoms with Gasteiger partial charge < -0.3 is 15.5 Å². The van der Waals surface area contributed by atoms with E-state index in [-0.39, 0.29) is 0 Å². The molecule has 1 aromatic rings. The molecule has 0 aliphatic rings. The first-order valence-electron chi connectivity index (χ1n) is 6.33. The van der Waals surface area contributed by atoms with Crippen molar-refractivity contribution in [2.75, 3.05) is 6.54 Å². The van der Waals surface area contributed by atoms with Crippen LogP contribution < -0.4 is 5.32 Å². The molecule has 4 nitrogen and oxygen atoms in total. The summed E-state index contributed by atoms with van der Waals surface area (Å²) >= 11 is 0. The number of nitrogens with zero attached hydrogens (tertiary/aromatic N) is 1. The van der Waals surface area contributed by atoms with Gasteiger partial charge in [0.15, 0.2) is 0 Å². The molecule has 0 saturated heterocycles. The van der Waals surface area contributed by atoms with Crippen molar-refractivity contribution in [3.8, 4) is 6.07 Å². The van der Waals surface area contributed by atoms with Gasteiger partial charge in [0.05, 0.1) is 23.3 Å². The summed E-state index contributed by atoms with van der Waals surface area (Å²) in [5, 5.41) is 32.0. The summed E-state index contributed by atoms with van der Waals surface area (Å²) < 4.78 is 0. The molecule has 0 fully saturated rings. The number of hydrogen-bond acceptors (Lipinski definition) is 4. The number of nitrogens with one attached hydrogen (secondary N) is 1. The van der Waals surface area contributed by atoms with Crippen LogP contribution in [0.5, 0.6) is 0 Å². The Morgan fingerprint density at radius 3 is 2.16 bits per heavy atom. The summed E-state index contributed by atoms with van der Waals surface area (Å²) in [6.45, 7) is 7.57. The Morgan fingerprint density at radius 2 is 1.74 bits per heavy atom. The van der Waals surface area contributed by atoms with Gasteiger partial charge in [0.2, 0.25) is 0 Å². The maximum atomic E-state index is 10.1. The van der Waals surface area contributed by atoms with Gasteiger partial charge in [-0.25, -0.2) is 0 Å². The van der Waals surface area contributed by atoms with E-state index in [0.717, 1.165) is 5.56 Å². The van der Waals surface area contributed by atoms with Crippen LogP contribution in [0.1, 0.15) is 44.9 Å². The van der Waals surface area contributed by atoms with Crippen LogP contribution in [-0.4, -0.2) is 27.9 Å². The third-order valence-corrected chi connectivity index (χ3v) is 3.69. The highest BCUT2D eigenvalue weighted by Gasteiger charge is 2.34. The first kappa shape index (κ1) is 15.6. The highest BCUT2D eigenvalue weighted by atomic mass is 16.3. The molecule has 0 aliphatic heterocycles. The second-order valence-electron chi connectivity index (χ2n) is 5.81. The molecule has 0 bridgehead atoms. The van der Waals surface area contributed by atoms with Crippen molar-refractivity contribution in [1.82, 2.24) is 5.32 Å². The lowest BCUT2D eigenvalue weighted by molar-refractivity contribution is -0.00978. The van der Waals surface area contributed by atoms with Crippen molar-refractivity contribution in [3.05, 3.63) is 35.4 Å². The zero-order chi connectivity index (χ0) is 14.7. The average Bonchev–Trinajstić information content (AvgIpc) is 2.35. The minimum Gasteiger partial charge on any atom is -0.389 e. The Hall–Kier alpha value is -1.41. The predicted molar refractivity (Wildman–Crippen MR) is 74.5 cm³/mol. The number of hydrogen-bond donors (Lipinski definition) is 3. The van der Waals surface area contributed by atoms with E-state index in [1.807, 2.05) is 19.9 Å². The van der Waals surface area contributed by atoms with E-state index in [1.165, 1.54) is 0 Å². The summed E-state index contributed by atoms with van der Waals surface area (Å²) in [6.07, 6.45) is -0.672. The van der Waals surface area contributed by atoms with Gasteiger partial charge >= 0.3 is 0 Å². The van der Waals surface area contributed by atoms with Gasteiger partial charge in [-0.3, -0.25) is 0 Å². The van der Waals surface area contributed by atoms with Gasteiger partial charge in [-0.05, 0) is 45.4 Å². The quantitative estimate of drug-likeness (QED) is 0.755. The lowest BCUT2D eigenvalue weighted by Crippen LogP contribution is -2.56. The summed E-state index contributed by atoms with van der Waals surface area (Å²) in [6, 6.07) is 8.88. The number of β-amino-alcohol motifs (C(OH)–C–C–N with tert-alkyl or cyclic N) is 1. The lowest BCUT2D eigenvalue weighted by atomic mass is 9.86. The molecule has 0 spiro atoms. The zero-order valence-electron chi connectivity index (χ0n) is 11.9. The number of aliphatic hydroxyl groups excluding tert-OH is 1. The number of rotatable bonds is 5. The molecule has 1 atom stereocenters. The topological polar surface area (TPSA) is 76.3 Å². The van der Waals surface area contributed by atoms with Crippen molar-refractivity contribution in [1.29, 1.82) is 5.26 Å². The third kappa shape index (κ3) is 4.03. The van der Waals surface area contributed by atoms with Crippen LogP contribution in [0, 0.1) is 11.3 Å². The smallest absolute Gasteiger partial charge is 0.0991 e. The molecule has 1 rings (SSSR count). The molecular formula is C15H22N2O2. The molecule has 0 aromatic heterocycles. The van der Waals surface area contributed by atoms with E-state index < -0.39 is 17.2 Å². The van der Waals surface area contributed by atoms with E-state index in [2.05, 4.69) is 5.32 Å². The van der Waals surface area contributed by atoms with Gasteiger partial charge in [-0.1, -0.05) is 12.1 Å². The molecule has 0 saturated carbocycles. The molecule has 19 heavy (non-hydrogen) atoms. The standard InChI is InChI=1S/C15H22N2O2/c1-14(2,15(3,4)19)17-10-13(18)12-7-5-11(9-16)6-8-12/h5-8,13,17-19H,10H2,1-4H3. The van der Waals surface area contributed by atoms with Crippen LogP contribution in [-0.2, 0) is 0 Å². The Balaban J connectivity index is 2.65. The van der Waals surface area contributed by atoms with Gasteiger partial charge in [0.1, 0.15) is 0 Å². The zero-order valence-corrected chi connectivity index (χ0v) is 11.9. The fourth-order valence-corrected chi connectivity index (χ4v) is 1.47. The number of aliphatic hydroxyl groups is 2. The fraction of sp³-hybridized carbons (Fsp3) is 0.533. The van der Waals surface area contributed by atoms with Gasteiger partial charge in [-0.15, -0.1) is 0 Å². The van der Waals surface area contributed by atoms with Crippen LogP contribution in [0.4, 0.5) is 0 Å². The maximum absolute atomic E-state index is 10.1. The van der Waals surface area contributed by atoms with Crippen molar-refractivity contribution in [2.45, 2.75) is 44.9 Å². The van der Waals surface area contributed by atoms with Crippen molar-refractivity contribution in [3.63, 3.8) is 0 Å². The minimum absolute atomic E-state index is 0.336. The van der Waals surface area contributed by atoms with Crippen LogP contribution >= 0.6 is 0 Å². The second kappa shape index (κ2) is 5.70. The predicted octanol–water partition coefficient (Wildman–Crippen LogP) is 1.73. The molecule has 104 valence electrons. The molecule has 0 radical (unpaired) electrons. The molecular weight excluding hydrogens is 240 g/mol. The summed E-state index contributed by atoms with van der Waals surface area (Å²) in [5.74, 6) is 0. The highest BCUT2D eigenvalue weighted by molar-refractivity contribution is 5.32. The Labute approximate surface area is 114 Å². The Kier molecular flexibility index (Phi) is 4.70. The lowest BCUT2D eigenvalue weighted by Gasteiger charge is -2.38. The largest absolute Gasteiger partial charge is 0.389 e. The summed E-state index contributed by atoms with van der Waals surface area (Å²) in [7, 11) is 0. The van der Waals surface area contributed by atoms with E-state index in [1.54, 1.807) is 38.1 Å². The third-order valence-electron chi connectivity index (χ3n) is 3.69. The number of nitriles is 1. The van der Waals surface area contributed by atoms with Crippen LogP contribution in [0.2, 0.25) is 0 Å². The monoisotopic (exact) mass is 262 g/mol. The normalized spacial score (nSPS) is 13.9. The van der Waals surface area contributed by atoms with Crippen LogP contribution in [0.15, 0.2) is 24.3 Å². The maximum Gasteiger partial charge on any atom is 0.0991 e. The van der Waals surface area contributed by atoms with Crippen LogP contribution in [0.25, 0.3) is 0 Å². The molecule has 4 heteroatoms. The van der Waals surface area contributed by atoms with Gasteiger partial charge in [-0.2, -0.15) is 5.26 Å². The second-order valence-corrected chi connectivity index (χ2v) is 5.81. The van der Waals surface area contributed by atoms with E-state index in [9.17, 15) is 10.2 Å². The van der Waals surface area contributed by atoms with Crippen molar-refractivity contribution < 1.29 is 10.2 Å².